The normalized spacial score (nSPS) is 11.8. The molecule has 9 aromatic carbocycles. The zero-order chi connectivity index (χ0) is 45.6. The lowest BCUT2D eigenvalue weighted by Gasteiger charge is -2.29. The van der Waals surface area contributed by atoms with E-state index in [-0.39, 0.29) is 13.4 Å². The van der Waals surface area contributed by atoms with Crippen LogP contribution in [0.5, 0.6) is 11.5 Å². The van der Waals surface area contributed by atoms with Gasteiger partial charge >= 0.3 is 0 Å². The van der Waals surface area contributed by atoms with E-state index in [9.17, 15) is 0 Å². The van der Waals surface area contributed by atoms with E-state index in [2.05, 4.69) is 217 Å². The van der Waals surface area contributed by atoms with E-state index in [0.717, 1.165) is 17.1 Å². The lowest BCUT2D eigenvalue weighted by Crippen LogP contribution is -2.55. The second-order valence-electron chi connectivity index (χ2n) is 19.6. The molecule has 65 heavy (non-hydrogen) atoms. The van der Waals surface area contributed by atoms with Crippen molar-refractivity contribution in [1.82, 2.24) is 0 Å². The Bertz CT molecular complexity index is 3220. The maximum atomic E-state index is 7.21. The van der Waals surface area contributed by atoms with Gasteiger partial charge in [0.15, 0.2) is 0 Å². The number of benzene rings is 9. The van der Waals surface area contributed by atoms with E-state index >= 15 is 0 Å². The van der Waals surface area contributed by atoms with Crippen LogP contribution in [0.3, 0.4) is 0 Å². The highest BCUT2D eigenvalue weighted by molar-refractivity contribution is 6.97. The molecule has 3 heteroatoms. The Morgan fingerprint density at radius 1 is 0.323 bits per heavy atom. The molecule has 318 valence electrons. The SMILES string of the molecule is Cc1cc(C)c(B(c2ccc3c(c2)Oc2cccc4c2c-3c(-c2ccccc2)c2ccc(B(c3c(C)cc(C)cc3C)c3c(C)cc(C)cc3C)cc24)c2c(C)cc(C)cc2C)c(C)c1. The van der Waals surface area contributed by atoms with Crippen LogP contribution in [0.4, 0.5) is 0 Å². The number of hydrogen-bond acceptors (Lipinski definition) is 1. The van der Waals surface area contributed by atoms with Crippen LogP contribution in [-0.4, -0.2) is 13.4 Å². The summed E-state index contributed by atoms with van der Waals surface area (Å²) in [6.07, 6.45) is 0. The van der Waals surface area contributed by atoms with E-state index < -0.39 is 0 Å². The number of ether oxygens (including phenoxy) is 1. The van der Waals surface area contributed by atoms with E-state index in [4.69, 9.17) is 4.74 Å². The second kappa shape index (κ2) is 16.1. The minimum atomic E-state index is 0.0421. The van der Waals surface area contributed by atoms with Crippen LogP contribution in [0.2, 0.25) is 0 Å². The van der Waals surface area contributed by atoms with E-state index in [1.807, 2.05) is 0 Å². The highest BCUT2D eigenvalue weighted by Crippen LogP contribution is 2.53. The molecule has 1 aliphatic heterocycles. The van der Waals surface area contributed by atoms with Crippen molar-refractivity contribution in [3.8, 4) is 33.8 Å². The Labute approximate surface area is 387 Å². The molecule has 0 radical (unpaired) electrons. The Hall–Kier alpha value is -6.57. The van der Waals surface area contributed by atoms with Gasteiger partial charge in [-0.05, 0) is 123 Å². The van der Waals surface area contributed by atoms with Crippen molar-refractivity contribution in [2.75, 3.05) is 0 Å². The van der Waals surface area contributed by atoms with Gasteiger partial charge in [-0.15, -0.1) is 0 Å². The van der Waals surface area contributed by atoms with Crippen LogP contribution in [0.15, 0.2) is 133 Å². The molecule has 9 aromatic rings. The van der Waals surface area contributed by atoms with Gasteiger partial charge in [0.25, 0.3) is 0 Å². The third kappa shape index (κ3) is 7.12. The molecular formula is C62H58B2O. The lowest BCUT2D eigenvalue weighted by atomic mass is 9.34. The van der Waals surface area contributed by atoms with Gasteiger partial charge < -0.3 is 4.74 Å². The summed E-state index contributed by atoms with van der Waals surface area (Å²) in [5.41, 5.74) is 28.7. The average Bonchev–Trinajstić information content (AvgIpc) is 3.24. The summed E-state index contributed by atoms with van der Waals surface area (Å²) in [7, 11) is 0. The van der Waals surface area contributed by atoms with Crippen LogP contribution in [-0.2, 0) is 0 Å². The average molecular weight is 841 g/mol. The fourth-order valence-electron chi connectivity index (χ4n) is 12.4. The van der Waals surface area contributed by atoms with E-state index in [1.165, 1.54) is 138 Å². The fraction of sp³-hybridized carbons (Fsp3) is 0.194. The highest BCUT2D eigenvalue weighted by Gasteiger charge is 2.34. The first-order chi connectivity index (χ1) is 31.2. The highest BCUT2D eigenvalue weighted by atomic mass is 16.5. The zero-order valence-electron chi connectivity index (χ0n) is 40.3. The topological polar surface area (TPSA) is 9.23 Å². The Morgan fingerprint density at radius 3 is 1.22 bits per heavy atom. The number of rotatable bonds is 7. The van der Waals surface area contributed by atoms with Gasteiger partial charge in [0.1, 0.15) is 11.5 Å². The minimum absolute atomic E-state index is 0.0421. The van der Waals surface area contributed by atoms with Gasteiger partial charge in [-0.25, -0.2) is 0 Å². The van der Waals surface area contributed by atoms with Gasteiger partial charge in [-0.1, -0.05) is 221 Å². The maximum absolute atomic E-state index is 7.21. The van der Waals surface area contributed by atoms with Crippen molar-refractivity contribution < 1.29 is 4.74 Å². The lowest BCUT2D eigenvalue weighted by molar-refractivity contribution is 0.487. The third-order valence-electron chi connectivity index (χ3n) is 14.5. The summed E-state index contributed by atoms with van der Waals surface area (Å²) in [6.45, 7) is 27.3. The van der Waals surface area contributed by atoms with Crippen molar-refractivity contribution in [2.24, 2.45) is 0 Å². The molecule has 0 aliphatic carbocycles. The van der Waals surface area contributed by atoms with Gasteiger partial charge in [-0.2, -0.15) is 0 Å². The third-order valence-corrected chi connectivity index (χ3v) is 14.5. The van der Waals surface area contributed by atoms with Crippen molar-refractivity contribution in [3.63, 3.8) is 0 Å². The van der Waals surface area contributed by atoms with Gasteiger partial charge in [-0.3, -0.25) is 0 Å². The van der Waals surface area contributed by atoms with Crippen LogP contribution in [0.1, 0.15) is 66.8 Å². The fourth-order valence-corrected chi connectivity index (χ4v) is 12.4. The monoisotopic (exact) mass is 840 g/mol. The Balaban J connectivity index is 1.25. The second-order valence-corrected chi connectivity index (χ2v) is 19.6. The molecule has 0 N–H and O–H groups in total. The molecule has 0 saturated heterocycles. The van der Waals surface area contributed by atoms with Crippen LogP contribution in [0, 0.1) is 83.1 Å². The molecule has 0 fully saturated rings. The molecule has 0 amide bonds. The van der Waals surface area contributed by atoms with Gasteiger partial charge in [0.05, 0.1) is 0 Å². The first-order valence-corrected chi connectivity index (χ1v) is 23.4. The molecule has 0 unspecified atom stereocenters. The summed E-state index contributed by atoms with van der Waals surface area (Å²) in [4.78, 5) is 0. The quantitative estimate of drug-likeness (QED) is 0.115. The van der Waals surface area contributed by atoms with Crippen molar-refractivity contribution in [3.05, 3.63) is 200 Å². The van der Waals surface area contributed by atoms with Crippen molar-refractivity contribution >= 4 is 67.7 Å². The Kier molecular flexibility index (Phi) is 10.5. The molecule has 1 nitrogen and oxygen atoms in total. The van der Waals surface area contributed by atoms with E-state index in [0.29, 0.717) is 0 Å². The Morgan fingerprint density at radius 2 is 0.754 bits per heavy atom. The largest absolute Gasteiger partial charge is 0.456 e. The number of hydrogen-bond donors (Lipinski definition) is 0. The minimum Gasteiger partial charge on any atom is -0.456 e. The molecule has 0 atom stereocenters. The first-order valence-electron chi connectivity index (χ1n) is 23.4. The molecule has 1 heterocycles. The number of aryl methyl sites for hydroxylation is 12. The zero-order valence-corrected chi connectivity index (χ0v) is 40.3. The van der Waals surface area contributed by atoms with Gasteiger partial charge in [0, 0.05) is 16.5 Å². The summed E-state index contributed by atoms with van der Waals surface area (Å²) in [5, 5.41) is 4.88. The predicted octanol–water partition coefficient (Wildman–Crippen LogP) is 12.2. The molecule has 0 aromatic heterocycles. The van der Waals surface area contributed by atoms with Crippen LogP contribution in [0.25, 0.3) is 43.8 Å². The molecule has 0 bridgehead atoms. The summed E-state index contributed by atoms with van der Waals surface area (Å²) < 4.78 is 7.21. The van der Waals surface area contributed by atoms with Gasteiger partial charge in [0.2, 0.25) is 13.4 Å². The molecule has 1 aliphatic rings. The maximum Gasteiger partial charge on any atom is 0.242 e. The smallest absolute Gasteiger partial charge is 0.242 e. The summed E-state index contributed by atoms with van der Waals surface area (Å²) in [6, 6.07) is 51.0. The van der Waals surface area contributed by atoms with Crippen molar-refractivity contribution in [1.29, 1.82) is 0 Å². The predicted molar refractivity (Wildman–Crippen MR) is 284 cm³/mol. The summed E-state index contributed by atoms with van der Waals surface area (Å²) >= 11 is 0. The summed E-state index contributed by atoms with van der Waals surface area (Å²) in [5.74, 6) is 1.81. The molecular weight excluding hydrogens is 782 g/mol. The van der Waals surface area contributed by atoms with E-state index in [1.54, 1.807) is 0 Å². The van der Waals surface area contributed by atoms with Crippen molar-refractivity contribution in [2.45, 2.75) is 83.1 Å². The molecule has 0 saturated carbocycles. The molecule has 10 rings (SSSR count). The number of fused-ring (bicyclic) bond motifs is 4. The first kappa shape index (κ1) is 42.4. The molecule has 0 spiro atoms. The van der Waals surface area contributed by atoms with Crippen LogP contribution < -0.4 is 37.5 Å². The standard InChI is InChI=1S/C62H58B2O/c1-35-25-39(5)59(40(6)26-35)63(60-41(7)27-36(2)28-42(60)8)48-21-23-51-53(33-48)50-19-16-20-54-57(50)58(56(51)47-17-14-13-15-18-47)52-24-22-49(34-55(52)65-54)64(61-43(9)29-37(3)30-44(61)10)62-45(11)31-38(4)32-46(62)12/h13-34H,1-12H3. The van der Waals surface area contributed by atoms with Crippen LogP contribution >= 0.6 is 0 Å².